The number of aromatic nitrogens is 2. The summed E-state index contributed by atoms with van der Waals surface area (Å²) in [6, 6.07) is 14.2. The minimum Gasteiger partial charge on any atom is -0.490 e. The molecule has 12 heteroatoms. The molecule has 0 bridgehead atoms. The van der Waals surface area contributed by atoms with E-state index in [0.29, 0.717) is 48.5 Å². The van der Waals surface area contributed by atoms with Crippen molar-refractivity contribution in [3.8, 4) is 17.0 Å². The smallest absolute Gasteiger partial charge is 0.415 e. The Morgan fingerprint density at radius 2 is 1.90 bits per heavy atom. The van der Waals surface area contributed by atoms with E-state index in [0.717, 1.165) is 16.5 Å². The molecule has 0 radical (unpaired) electrons. The number of H-pyrrole nitrogens is 1. The number of alkyl halides is 3. The Hall–Kier alpha value is -3.45. The van der Waals surface area contributed by atoms with Crippen LogP contribution < -0.4 is 10.1 Å². The lowest BCUT2D eigenvalue weighted by Crippen LogP contribution is -2.45. The van der Waals surface area contributed by atoms with Gasteiger partial charge in [-0.2, -0.15) is 29.6 Å². The number of likely N-dealkylation sites (tertiary alicyclic amines) is 1. The lowest BCUT2D eigenvalue weighted by atomic mass is 10.0. The van der Waals surface area contributed by atoms with Crippen molar-refractivity contribution in [1.29, 1.82) is 0 Å². The first-order chi connectivity index (χ1) is 18.7. The van der Waals surface area contributed by atoms with Gasteiger partial charge in [0, 0.05) is 41.7 Å². The molecule has 39 heavy (non-hydrogen) atoms. The van der Waals surface area contributed by atoms with Gasteiger partial charge in [-0.25, -0.2) is 0 Å². The minimum absolute atomic E-state index is 0.133. The summed E-state index contributed by atoms with van der Waals surface area (Å²) in [4.78, 5) is 14.3. The number of aliphatic hydroxyl groups excluding tert-OH is 2. The summed E-state index contributed by atoms with van der Waals surface area (Å²) < 4.78 is 43.8. The number of aromatic amines is 1. The Morgan fingerprint density at radius 1 is 1.15 bits per heavy atom. The fourth-order valence-electron chi connectivity index (χ4n) is 4.54. The van der Waals surface area contributed by atoms with E-state index in [-0.39, 0.29) is 6.10 Å². The number of halogens is 3. The number of fused-ring (bicyclic) bond motifs is 1. The highest BCUT2D eigenvalue weighted by molar-refractivity contribution is 7.07. The van der Waals surface area contributed by atoms with E-state index >= 15 is 0 Å². The molecule has 1 aliphatic rings. The highest BCUT2D eigenvalue weighted by atomic mass is 32.1. The van der Waals surface area contributed by atoms with E-state index in [2.05, 4.69) is 15.5 Å². The highest BCUT2D eigenvalue weighted by Crippen LogP contribution is 2.30. The highest BCUT2D eigenvalue weighted by Gasteiger charge is 2.39. The second-order valence-electron chi connectivity index (χ2n) is 9.46. The van der Waals surface area contributed by atoms with Crippen LogP contribution in [-0.4, -0.2) is 69.2 Å². The van der Waals surface area contributed by atoms with Crippen molar-refractivity contribution in [3.05, 3.63) is 70.4 Å². The van der Waals surface area contributed by atoms with Gasteiger partial charge in [-0.15, -0.1) is 0 Å². The molecule has 0 saturated carbocycles. The number of carbonyl (C=O) groups is 1. The number of thiophene rings is 1. The number of aliphatic hydroxyl groups is 2. The van der Waals surface area contributed by atoms with Crippen LogP contribution in [0.4, 0.5) is 13.2 Å². The summed E-state index contributed by atoms with van der Waals surface area (Å²) in [5.41, 5.74) is 3.21. The topological polar surface area (TPSA) is 111 Å². The van der Waals surface area contributed by atoms with Crippen molar-refractivity contribution in [2.24, 2.45) is 0 Å². The normalized spacial score (nSPS) is 16.7. The lowest BCUT2D eigenvalue weighted by molar-refractivity contribution is -0.208. The SMILES string of the molecule is O=C(NC(O)c1ccsc1)c1ccc2[nH]nc(-c3ccc(OC4CCN(CC(O)C(F)(F)F)CC4)cc3)c2c1. The zero-order chi connectivity index (χ0) is 27.6. The first-order valence-electron chi connectivity index (χ1n) is 12.4. The molecule has 2 atom stereocenters. The van der Waals surface area contributed by atoms with E-state index in [1.54, 1.807) is 34.5 Å². The molecule has 8 nitrogen and oxygen atoms in total. The number of ether oxygens (including phenoxy) is 1. The van der Waals surface area contributed by atoms with Crippen molar-refractivity contribution in [3.63, 3.8) is 0 Å². The van der Waals surface area contributed by atoms with Crippen LogP contribution in [-0.2, 0) is 0 Å². The van der Waals surface area contributed by atoms with Crippen LogP contribution in [0.15, 0.2) is 59.3 Å². The zero-order valence-corrected chi connectivity index (χ0v) is 21.5. The van der Waals surface area contributed by atoms with Crippen molar-refractivity contribution in [1.82, 2.24) is 20.4 Å². The summed E-state index contributed by atoms with van der Waals surface area (Å²) in [6.45, 7) is 0.395. The van der Waals surface area contributed by atoms with E-state index in [9.17, 15) is 28.2 Å². The molecule has 1 fully saturated rings. The lowest BCUT2D eigenvalue weighted by Gasteiger charge is -2.33. The fourth-order valence-corrected chi connectivity index (χ4v) is 5.22. The van der Waals surface area contributed by atoms with Gasteiger partial charge in [0.05, 0.1) is 11.2 Å². The molecule has 4 aromatic rings. The van der Waals surface area contributed by atoms with Crippen molar-refractivity contribution < 1.29 is 32.9 Å². The maximum absolute atomic E-state index is 12.7. The second kappa shape index (κ2) is 11.3. The average molecular weight is 561 g/mol. The summed E-state index contributed by atoms with van der Waals surface area (Å²) in [7, 11) is 0. The number of nitrogens with one attached hydrogen (secondary N) is 2. The van der Waals surface area contributed by atoms with Crippen LogP contribution in [0.1, 0.15) is 35.0 Å². The summed E-state index contributed by atoms with van der Waals surface area (Å²) in [6.07, 6.45) is -7.08. The van der Waals surface area contributed by atoms with Gasteiger partial charge in [-0.1, -0.05) is 0 Å². The Bertz CT molecular complexity index is 1400. The molecule has 1 aliphatic heterocycles. The van der Waals surface area contributed by atoms with Crippen LogP contribution in [0.3, 0.4) is 0 Å². The molecule has 0 spiro atoms. The third-order valence-electron chi connectivity index (χ3n) is 6.73. The summed E-state index contributed by atoms with van der Waals surface area (Å²) >= 11 is 1.43. The van der Waals surface area contributed by atoms with Crippen LogP contribution in [0.5, 0.6) is 5.75 Å². The molecule has 4 N–H and O–H groups in total. The number of rotatable bonds is 8. The van der Waals surface area contributed by atoms with Gasteiger partial charge in [-0.3, -0.25) is 9.89 Å². The van der Waals surface area contributed by atoms with Crippen molar-refractivity contribution in [2.45, 2.75) is 37.5 Å². The minimum atomic E-state index is -4.62. The van der Waals surface area contributed by atoms with Gasteiger partial charge in [0.2, 0.25) is 0 Å². The van der Waals surface area contributed by atoms with Crippen molar-refractivity contribution in [2.75, 3.05) is 19.6 Å². The first kappa shape index (κ1) is 27.1. The Kier molecular flexibility index (Phi) is 7.89. The quantitative estimate of drug-likeness (QED) is 0.237. The molecule has 1 amide bonds. The summed E-state index contributed by atoms with van der Waals surface area (Å²) in [5.74, 6) is 0.223. The predicted molar refractivity (Wildman–Crippen MR) is 140 cm³/mol. The van der Waals surface area contributed by atoms with E-state index in [4.69, 9.17) is 4.74 Å². The number of nitrogens with zero attached hydrogens (tertiary/aromatic N) is 2. The van der Waals surface area contributed by atoms with E-state index in [1.165, 1.54) is 11.3 Å². The molecule has 3 heterocycles. The maximum atomic E-state index is 12.7. The second-order valence-corrected chi connectivity index (χ2v) is 10.2. The van der Waals surface area contributed by atoms with Gasteiger partial charge in [0.1, 0.15) is 11.9 Å². The molecule has 2 unspecified atom stereocenters. The Labute approximate surface area is 226 Å². The number of hydrogen-bond acceptors (Lipinski definition) is 7. The van der Waals surface area contributed by atoms with Crippen LogP contribution >= 0.6 is 11.3 Å². The molecular formula is C27H27F3N4O4S. The number of amides is 1. The van der Waals surface area contributed by atoms with Crippen LogP contribution in [0.2, 0.25) is 0 Å². The van der Waals surface area contributed by atoms with Gasteiger partial charge in [0.25, 0.3) is 5.91 Å². The number of carbonyl (C=O) groups excluding carboxylic acids is 1. The van der Waals surface area contributed by atoms with Gasteiger partial charge in [0.15, 0.2) is 12.3 Å². The average Bonchev–Trinajstić information content (AvgIpc) is 3.60. The van der Waals surface area contributed by atoms with Gasteiger partial charge >= 0.3 is 6.18 Å². The van der Waals surface area contributed by atoms with E-state index < -0.39 is 31.0 Å². The fraction of sp³-hybridized carbons (Fsp3) is 0.333. The van der Waals surface area contributed by atoms with Crippen LogP contribution in [0, 0.1) is 0 Å². The largest absolute Gasteiger partial charge is 0.490 e. The number of benzene rings is 2. The molecule has 2 aromatic heterocycles. The number of hydrogen-bond donors (Lipinski definition) is 4. The molecular weight excluding hydrogens is 533 g/mol. The molecule has 206 valence electrons. The molecule has 0 aliphatic carbocycles. The van der Waals surface area contributed by atoms with Crippen molar-refractivity contribution >= 4 is 28.1 Å². The Morgan fingerprint density at radius 3 is 2.56 bits per heavy atom. The monoisotopic (exact) mass is 560 g/mol. The van der Waals surface area contributed by atoms with E-state index in [1.807, 2.05) is 29.6 Å². The van der Waals surface area contributed by atoms with Gasteiger partial charge < -0.3 is 25.2 Å². The third kappa shape index (κ3) is 6.41. The first-order valence-corrected chi connectivity index (χ1v) is 13.3. The predicted octanol–water partition coefficient (Wildman–Crippen LogP) is 4.48. The number of piperidine rings is 1. The maximum Gasteiger partial charge on any atom is 0.415 e. The van der Waals surface area contributed by atoms with Gasteiger partial charge in [-0.05, 0) is 72.1 Å². The van der Waals surface area contributed by atoms with Crippen LogP contribution in [0.25, 0.3) is 22.2 Å². The third-order valence-corrected chi connectivity index (χ3v) is 7.43. The molecule has 5 rings (SSSR count). The zero-order valence-electron chi connectivity index (χ0n) is 20.7. The molecule has 2 aromatic carbocycles. The summed E-state index contributed by atoms with van der Waals surface area (Å²) in [5, 5.41) is 33.8. The number of β-amino-alcohol motifs (C(OH)–C–C–N with tert-alkyl or cyclic N) is 1. The Balaban J connectivity index is 1.21. The molecule has 1 saturated heterocycles. The standard InChI is InChI=1S/C27H27F3N4O4S/c28-27(29,30)23(35)14-34-10-7-20(8-11-34)38-19-4-1-16(2-5-19)24-21-13-17(3-6-22(21)32-33-24)25(36)31-26(37)18-9-12-39-15-18/h1-6,9,12-13,15,20,23,26,35,37H,7-8,10-11,14H2,(H,31,36)(H,32,33).